The molecule has 0 aliphatic heterocycles. The van der Waals surface area contributed by atoms with E-state index >= 15 is 0 Å². The van der Waals surface area contributed by atoms with Crippen LogP contribution in [0.4, 0.5) is 0 Å². The van der Waals surface area contributed by atoms with Crippen molar-refractivity contribution >= 4 is 0 Å². The lowest BCUT2D eigenvalue weighted by Gasteiger charge is -2.35. The largest absolute Gasteiger partial charge is 0.316 e. The van der Waals surface area contributed by atoms with Gasteiger partial charge in [-0.2, -0.15) is 0 Å². The summed E-state index contributed by atoms with van der Waals surface area (Å²) < 4.78 is 0. The molecule has 0 bridgehead atoms. The highest BCUT2D eigenvalue weighted by atomic mass is 14.9. The average molecular weight is 246 g/mol. The van der Waals surface area contributed by atoms with E-state index in [9.17, 15) is 0 Å². The van der Waals surface area contributed by atoms with Crippen LogP contribution in [0.1, 0.15) is 51.0 Å². The van der Waals surface area contributed by atoms with E-state index in [1.165, 1.54) is 37.8 Å². The lowest BCUT2D eigenvalue weighted by molar-refractivity contribution is 0.241. The fourth-order valence-electron chi connectivity index (χ4n) is 3.16. The SMILES string of the molecule is CCCNCC1CCC(C)CC1c1cccnc1. The van der Waals surface area contributed by atoms with Gasteiger partial charge in [0.2, 0.25) is 0 Å². The van der Waals surface area contributed by atoms with E-state index in [4.69, 9.17) is 0 Å². The highest BCUT2D eigenvalue weighted by Crippen LogP contribution is 2.39. The zero-order chi connectivity index (χ0) is 12.8. The summed E-state index contributed by atoms with van der Waals surface area (Å²) in [5, 5.41) is 3.60. The van der Waals surface area contributed by atoms with Gasteiger partial charge in [-0.1, -0.05) is 26.3 Å². The Bertz CT molecular complexity index is 336. The van der Waals surface area contributed by atoms with Crippen LogP contribution in [0.5, 0.6) is 0 Å². The molecule has 1 fully saturated rings. The van der Waals surface area contributed by atoms with Crippen LogP contribution in [0.25, 0.3) is 0 Å². The minimum atomic E-state index is 0.701. The van der Waals surface area contributed by atoms with Crippen molar-refractivity contribution in [2.75, 3.05) is 13.1 Å². The number of aromatic nitrogens is 1. The van der Waals surface area contributed by atoms with Gasteiger partial charge < -0.3 is 5.32 Å². The van der Waals surface area contributed by atoms with E-state index in [1.54, 1.807) is 0 Å². The summed E-state index contributed by atoms with van der Waals surface area (Å²) in [7, 11) is 0. The quantitative estimate of drug-likeness (QED) is 0.803. The standard InChI is InChI=1S/C16H26N2/c1-3-8-17-12-15-7-6-13(2)10-16(15)14-5-4-9-18-11-14/h4-5,9,11,13,15-17H,3,6-8,10,12H2,1-2H3. The molecule has 1 aromatic rings. The zero-order valence-electron chi connectivity index (χ0n) is 11.7. The van der Waals surface area contributed by atoms with E-state index in [2.05, 4.69) is 42.5 Å². The zero-order valence-corrected chi connectivity index (χ0v) is 11.7. The van der Waals surface area contributed by atoms with E-state index in [0.29, 0.717) is 5.92 Å². The molecule has 18 heavy (non-hydrogen) atoms. The Kier molecular flexibility index (Phi) is 5.18. The minimum absolute atomic E-state index is 0.701. The van der Waals surface area contributed by atoms with Crippen LogP contribution < -0.4 is 5.32 Å². The first-order valence-corrected chi connectivity index (χ1v) is 7.42. The van der Waals surface area contributed by atoms with Crippen LogP contribution in [0.2, 0.25) is 0 Å². The molecule has 1 saturated carbocycles. The molecule has 0 aromatic carbocycles. The predicted octanol–water partition coefficient (Wildman–Crippen LogP) is 3.60. The Morgan fingerprint density at radius 2 is 2.28 bits per heavy atom. The maximum Gasteiger partial charge on any atom is 0.0302 e. The van der Waals surface area contributed by atoms with Crippen molar-refractivity contribution in [2.24, 2.45) is 11.8 Å². The van der Waals surface area contributed by atoms with Crippen LogP contribution >= 0.6 is 0 Å². The third kappa shape index (κ3) is 3.55. The Morgan fingerprint density at radius 3 is 3.00 bits per heavy atom. The van der Waals surface area contributed by atoms with E-state index in [-0.39, 0.29) is 0 Å². The summed E-state index contributed by atoms with van der Waals surface area (Å²) in [6.07, 6.45) is 9.23. The average Bonchev–Trinajstić information content (AvgIpc) is 2.41. The molecule has 2 rings (SSSR count). The molecule has 0 radical (unpaired) electrons. The van der Waals surface area contributed by atoms with Gasteiger partial charge in [0.15, 0.2) is 0 Å². The van der Waals surface area contributed by atoms with Gasteiger partial charge in [-0.05, 0) is 61.7 Å². The van der Waals surface area contributed by atoms with Gasteiger partial charge in [0, 0.05) is 12.4 Å². The van der Waals surface area contributed by atoms with Gasteiger partial charge in [-0.15, -0.1) is 0 Å². The Balaban J connectivity index is 2.02. The van der Waals surface area contributed by atoms with Crippen molar-refractivity contribution in [3.8, 4) is 0 Å². The smallest absolute Gasteiger partial charge is 0.0302 e. The molecule has 1 aromatic heterocycles. The molecule has 2 heteroatoms. The van der Waals surface area contributed by atoms with Crippen molar-refractivity contribution in [3.05, 3.63) is 30.1 Å². The molecule has 100 valence electrons. The lowest BCUT2D eigenvalue weighted by Crippen LogP contribution is -2.32. The molecule has 0 amide bonds. The summed E-state index contributed by atoms with van der Waals surface area (Å²) in [5.74, 6) is 2.35. The van der Waals surface area contributed by atoms with Gasteiger partial charge in [0.1, 0.15) is 0 Å². The number of rotatable bonds is 5. The fourth-order valence-corrected chi connectivity index (χ4v) is 3.16. The Morgan fingerprint density at radius 1 is 1.39 bits per heavy atom. The van der Waals surface area contributed by atoms with Gasteiger partial charge in [0.05, 0.1) is 0 Å². The fraction of sp³-hybridized carbons (Fsp3) is 0.688. The van der Waals surface area contributed by atoms with Crippen molar-refractivity contribution in [3.63, 3.8) is 0 Å². The number of hydrogen-bond acceptors (Lipinski definition) is 2. The van der Waals surface area contributed by atoms with Gasteiger partial charge in [-0.3, -0.25) is 4.98 Å². The number of hydrogen-bond donors (Lipinski definition) is 1. The highest BCUT2D eigenvalue weighted by molar-refractivity contribution is 5.17. The monoisotopic (exact) mass is 246 g/mol. The van der Waals surface area contributed by atoms with Gasteiger partial charge >= 0.3 is 0 Å². The molecule has 1 aliphatic carbocycles. The van der Waals surface area contributed by atoms with Crippen LogP contribution in [0.3, 0.4) is 0 Å². The molecule has 0 spiro atoms. The second-order valence-corrected chi connectivity index (χ2v) is 5.78. The van der Waals surface area contributed by atoms with E-state index in [1.807, 2.05) is 6.20 Å². The molecule has 1 heterocycles. The highest BCUT2D eigenvalue weighted by Gasteiger charge is 2.29. The Hall–Kier alpha value is -0.890. The maximum atomic E-state index is 4.30. The first kappa shape index (κ1) is 13.5. The summed E-state index contributed by atoms with van der Waals surface area (Å²) in [6, 6.07) is 4.33. The predicted molar refractivity (Wildman–Crippen MR) is 76.6 cm³/mol. The maximum absolute atomic E-state index is 4.30. The first-order valence-electron chi connectivity index (χ1n) is 7.42. The van der Waals surface area contributed by atoms with E-state index < -0.39 is 0 Å². The van der Waals surface area contributed by atoms with E-state index in [0.717, 1.165) is 18.4 Å². The number of nitrogens with zero attached hydrogens (tertiary/aromatic N) is 1. The normalized spacial score (nSPS) is 28.2. The third-order valence-electron chi connectivity index (χ3n) is 4.20. The van der Waals surface area contributed by atoms with Crippen molar-refractivity contribution in [2.45, 2.75) is 45.4 Å². The molecular weight excluding hydrogens is 220 g/mol. The number of pyridine rings is 1. The molecule has 3 unspecified atom stereocenters. The topological polar surface area (TPSA) is 24.9 Å². The second-order valence-electron chi connectivity index (χ2n) is 5.78. The van der Waals surface area contributed by atoms with Crippen LogP contribution in [0.15, 0.2) is 24.5 Å². The molecule has 2 nitrogen and oxygen atoms in total. The summed E-state index contributed by atoms with van der Waals surface area (Å²) in [4.78, 5) is 4.30. The van der Waals surface area contributed by atoms with Crippen molar-refractivity contribution in [1.29, 1.82) is 0 Å². The molecule has 1 N–H and O–H groups in total. The van der Waals surface area contributed by atoms with Crippen LogP contribution in [0, 0.1) is 11.8 Å². The Labute approximate surface area is 111 Å². The molecule has 1 aliphatic rings. The summed E-state index contributed by atoms with van der Waals surface area (Å²) in [6.45, 7) is 6.93. The van der Waals surface area contributed by atoms with Crippen LogP contribution in [-0.2, 0) is 0 Å². The van der Waals surface area contributed by atoms with Gasteiger partial charge in [-0.25, -0.2) is 0 Å². The van der Waals surface area contributed by atoms with Crippen molar-refractivity contribution in [1.82, 2.24) is 10.3 Å². The molecular formula is C16H26N2. The minimum Gasteiger partial charge on any atom is -0.316 e. The third-order valence-corrected chi connectivity index (χ3v) is 4.20. The van der Waals surface area contributed by atoms with Crippen LogP contribution in [-0.4, -0.2) is 18.1 Å². The van der Waals surface area contributed by atoms with Gasteiger partial charge in [0.25, 0.3) is 0 Å². The molecule has 3 atom stereocenters. The second kappa shape index (κ2) is 6.89. The first-order chi connectivity index (χ1) is 8.81. The summed E-state index contributed by atoms with van der Waals surface area (Å²) in [5.41, 5.74) is 1.44. The number of nitrogens with one attached hydrogen (secondary N) is 1. The van der Waals surface area contributed by atoms with Crippen molar-refractivity contribution < 1.29 is 0 Å². The summed E-state index contributed by atoms with van der Waals surface area (Å²) >= 11 is 0. The lowest BCUT2D eigenvalue weighted by atomic mass is 9.72. The molecule has 0 saturated heterocycles.